The van der Waals surface area contributed by atoms with Crippen molar-refractivity contribution in [2.75, 3.05) is 25.7 Å². The van der Waals surface area contributed by atoms with Crippen molar-refractivity contribution < 1.29 is 23.4 Å². The summed E-state index contributed by atoms with van der Waals surface area (Å²) in [6.45, 7) is 3.66. The third kappa shape index (κ3) is 4.71. The van der Waals surface area contributed by atoms with Crippen molar-refractivity contribution in [3.05, 3.63) is 78.3 Å². The van der Waals surface area contributed by atoms with Gasteiger partial charge in [0.15, 0.2) is 5.75 Å². The van der Waals surface area contributed by atoms with Crippen molar-refractivity contribution in [3.63, 3.8) is 0 Å². The van der Waals surface area contributed by atoms with E-state index in [4.69, 9.17) is 14.2 Å². The Morgan fingerprint density at radius 3 is 2.53 bits per heavy atom. The van der Waals surface area contributed by atoms with Gasteiger partial charge in [0, 0.05) is 32.1 Å². The minimum atomic E-state index is -0.600. The number of carbonyl (C=O) groups is 1. The Bertz CT molecular complexity index is 957. The number of amides is 1. The van der Waals surface area contributed by atoms with E-state index in [1.54, 1.807) is 26.4 Å². The van der Waals surface area contributed by atoms with Gasteiger partial charge in [0.25, 0.3) is 0 Å². The summed E-state index contributed by atoms with van der Waals surface area (Å²) in [5.74, 6) is 0.960. The fourth-order valence-electron chi connectivity index (χ4n) is 3.58. The smallest absolute Gasteiger partial charge is 0.223 e. The lowest BCUT2D eigenvalue weighted by Crippen LogP contribution is -2.45. The second-order valence-corrected chi connectivity index (χ2v) is 7.40. The van der Waals surface area contributed by atoms with Crippen molar-refractivity contribution in [2.24, 2.45) is 5.41 Å². The van der Waals surface area contributed by atoms with Gasteiger partial charge in [-0.05, 0) is 36.4 Å². The summed E-state index contributed by atoms with van der Waals surface area (Å²) in [7, 11) is 3.20. The van der Waals surface area contributed by atoms with Crippen LogP contribution in [0, 0.1) is 11.2 Å². The number of rotatable bonds is 7. The summed E-state index contributed by atoms with van der Waals surface area (Å²) in [4.78, 5) is 14.2. The molecule has 158 valence electrons. The van der Waals surface area contributed by atoms with E-state index in [1.807, 2.05) is 43.4 Å². The Balaban J connectivity index is 2.00. The predicted octanol–water partition coefficient (Wildman–Crippen LogP) is 5.09. The molecular weight excluding hydrogens is 385 g/mol. The first-order chi connectivity index (χ1) is 14.4. The first-order valence-corrected chi connectivity index (χ1v) is 9.64. The van der Waals surface area contributed by atoms with Gasteiger partial charge in [-0.15, -0.1) is 0 Å². The number of anilines is 1. The van der Waals surface area contributed by atoms with Crippen LogP contribution < -0.4 is 9.64 Å². The maximum atomic E-state index is 14.2. The van der Waals surface area contributed by atoms with Crippen LogP contribution in [0.15, 0.2) is 72.5 Å². The topological polar surface area (TPSA) is 48.0 Å². The minimum absolute atomic E-state index is 0.239. The van der Waals surface area contributed by atoms with Crippen LogP contribution in [0.2, 0.25) is 0 Å². The number of para-hydroxylation sites is 1. The summed E-state index contributed by atoms with van der Waals surface area (Å²) < 4.78 is 31.2. The quantitative estimate of drug-likeness (QED) is 0.637. The van der Waals surface area contributed by atoms with E-state index in [-0.39, 0.29) is 18.6 Å². The Hall–Kier alpha value is -3.12. The molecule has 1 aliphatic carbocycles. The number of nitrogens with zero attached hydrogens (tertiary/aromatic N) is 1. The van der Waals surface area contributed by atoms with Crippen LogP contribution in [-0.2, 0) is 14.3 Å². The molecule has 5 nitrogen and oxygen atoms in total. The van der Waals surface area contributed by atoms with Crippen LogP contribution in [0.4, 0.5) is 10.1 Å². The molecule has 0 heterocycles. The number of carbonyl (C=O) groups excluding carboxylic acids is 1. The lowest BCUT2D eigenvalue weighted by molar-refractivity contribution is -0.117. The van der Waals surface area contributed by atoms with E-state index in [0.29, 0.717) is 22.9 Å². The molecule has 3 rings (SSSR count). The lowest BCUT2D eigenvalue weighted by atomic mass is 9.79. The highest BCUT2D eigenvalue weighted by Crippen LogP contribution is 2.38. The summed E-state index contributed by atoms with van der Waals surface area (Å²) in [5.41, 5.74) is -0.249. The molecule has 0 saturated heterocycles. The monoisotopic (exact) mass is 411 g/mol. The number of ether oxygens (including phenoxy) is 3. The highest BCUT2D eigenvalue weighted by molar-refractivity contribution is 5.93. The zero-order valence-electron chi connectivity index (χ0n) is 17.6. The number of hydrogen-bond acceptors (Lipinski definition) is 4. The number of hydrogen-bond donors (Lipinski definition) is 0. The van der Waals surface area contributed by atoms with Gasteiger partial charge in [0.05, 0.1) is 18.9 Å². The first kappa shape index (κ1) is 21.6. The molecule has 0 radical (unpaired) electrons. The molecule has 0 bridgehead atoms. The van der Waals surface area contributed by atoms with Crippen LogP contribution in [0.3, 0.4) is 0 Å². The Kier molecular flexibility index (Phi) is 6.57. The molecule has 2 aromatic rings. The molecule has 0 saturated carbocycles. The number of methoxy groups -OCH3 is 2. The molecule has 0 spiro atoms. The van der Waals surface area contributed by atoms with Gasteiger partial charge in [0.2, 0.25) is 5.91 Å². The van der Waals surface area contributed by atoms with Crippen molar-refractivity contribution >= 4 is 11.6 Å². The molecule has 2 unspecified atom stereocenters. The van der Waals surface area contributed by atoms with Gasteiger partial charge in [-0.2, -0.15) is 0 Å². The van der Waals surface area contributed by atoms with E-state index in [2.05, 4.69) is 0 Å². The Morgan fingerprint density at radius 1 is 1.17 bits per heavy atom. The molecule has 0 aliphatic heterocycles. The van der Waals surface area contributed by atoms with Crippen LogP contribution in [0.5, 0.6) is 11.5 Å². The van der Waals surface area contributed by atoms with Gasteiger partial charge in [-0.25, -0.2) is 4.39 Å². The third-order valence-electron chi connectivity index (χ3n) is 5.11. The SMILES string of the molecule is COC1=CC(C)(CN(C(C)=O)c2cc(F)ccc2Oc2ccccc2)C(OC)C=C1. The second kappa shape index (κ2) is 9.13. The Morgan fingerprint density at radius 2 is 1.90 bits per heavy atom. The molecular formula is C24H26FNO4. The van der Waals surface area contributed by atoms with Crippen LogP contribution in [0.25, 0.3) is 0 Å². The van der Waals surface area contributed by atoms with Gasteiger partial charge >= 0.3 is 0 Å². The second-order valence-electron chi connectivity index (χ2n) is 7.40. The molecule has 2 atom stereocenters. The maximum Gasteiger partial charge on any atom is 0.223 e. The standard InChI is InChI=1S/C24H26FNO4/c1-17(27)26(16-24(2)15-20(28-3)11-13-23(24)29-4)21-14-18(25)10-12-22(21)30-19-8-6-5-7-9-19/h5-15,23H,16H2,1-4H3. The largest absolute Gasteiger partial charge is 0.497 e. The van der Waals surface area contributed by atoms with E-state index >= 15 is 0 Å². The summed E-state index contributed by atoms with van der Waals surface area (Å²) in [6, 6.07) is 13.3. The molecule has 6 heteroatoms. The van der Waals surface area contributed by atoms with Crippen molar-refractivity contribution in [3.8, 4) is 11.5 Å². The van der Waals surface area contributed by atoms with Gasteiger partial charge in [-0.3, -0.25) is 4.79 Å². The summed E-state index contributed by atoms with van der Waals surface area (Å²) >= 11 is 0. The zero-order valence-corrected chi connectivity index (χ0v) is 17.6. The molecule has 1 amide bonds. The van der Waals surface area contributed by atoms with Crippen LogP contribution >= 0.6 is 0 Å². The fraction of sp³-hybridized carbons (Fsp3) is 0.292. The highest BCUT2D eigenvalue weighted by atomic mass is 19.1. The summed E-state index contributed by atoms with van der Waals surface area (Å²) in [6.07, 6.45) is 5.36. The van der Waals surface area contributed by atoms with Crippen LogP contribution in [-0.4, -0.2) is 32.8 Å². The Labute approximate surface area is 176 Å². The van der Waals surface area contributed by atoms with Crippen molar-refractivity contribution in [1.29, 1.82) is 0 Å². The van der Waals surface area contributed by atoms with Gasteiger partial charge in [-0.1, -0.05) is 31.2 Å². The fourth-order valence-corrected chi connectivity index (χ4v) is 3.58. The van der Waals surface area contributed by atoms with E-state index in [0.717, 1.165) is 0 Å². The molecule has 1 aliphatic rings. The highest BCUT2D eigenvalue weighted by Gasteiger charge is 2.37. The zero-order chi connectivity index (χ0) is 21.7. The maximum absolute atomic E-state index is 14.2. The molecule has 0 N–H and O–H groups in total. The first-order valence-electron chi connectivity index (χ1n) is 9.64. The van der Waals surface area contributed by atoms with Crippen molar-refractivity contribution in [1.82, 2.24) is 0 Å². The number of halogens is 1. The summed E-state index contributed by atoms with van der Waals surface area (Å²) in [5, 5.41) is 0. The van der Waals surface area contributed by atoms with E-state index in [9.17, 15) is 9.18 Å². The normalized spacial score (nSPS) is 20.4. The van der Waals surface area contributed by atoms with Gasteiger partial charge < -0.3 is 19.1 Å². The average molecular weight is 411 g/mol. The van der Waals surface area contributed by atoms with E-state index < -0.39 is 11.2 Å². The number of benzene rings is 2. The van der Waals surface area contributed by atoms with Crippen LogP contribution in [0.1, 0.15) is 13.8 Å². The lowest BCUT2D eigenvalue weighted by Gasteiger charge is -2.39. The third-order valence-corrected chi connectivity index (χ3v) is 5.11. The molecule has 30 heavy (non-hydrogen) atoms. The van der Waals surface area contributed by atoms with Gasteiger partial charge in [0.1, 0.15) is 17.3 Å². The number of allylic oxidation sites excluding steroid dienone is 1. The average Bonchev–Trinajstić information content (AvgIpc) is 2.74. The molecule has 0 fully saturated rings. The van der Waals surface area contributed by atoms with Crippen molar-refractivity contribution in [2.45, 2.75) is 20.0 Å². The minimum Gasteiger partial charge on any atom is -0.497 e. The van der Waals surface area contributed by atoms with E-state index in [1.165, 1.54) is 30.0 Å². The molecule has 0 aromatic heterocycles. The predicted molar refractivity (Wildman–Crippen MR) is 114 cm³/mol. The molecule has 2 aromatic carbocycles.